The van der Waals surface area contributed by atoms with Crippen LogP contribution in [0.4, 0.5) is 5.69 Å². The average Bonchev–Trinajstić information content (AvgIpc) is 2.39. The lowest BCUT2D eigenvalue weighted by molar-refractivity contribution is -0.116. The maximum Gasteiger partial charge on any atom is 0.225 e. The number of carbonyl (C=O) groups excluding carboxylic acids is 1. The summed E-state index contributed by atoms with van der Waals surface area (Å²) in [6.45, 7) is 6.08. The summed E-state index contributed by atoms with van der Waals surface area (Å²) in [7, 11) is -3.32. The summed E-state index contributed by atoms with van der Waals surface area (Å²) in [6, 6.07) is 6.97. The molecule has 0 aliphatic carbocycles. The van der Waals surface area contributed by atoms with Gasteiger partial charge >= 0.3 is 0 Å². The van der Waals surface area contributed by atoms with Gasteiger partial charge in [-0.2, -0.15) is 4.31 Å². The molecule has 0 aromatic heterocycles. The van der Waals surface area contributed by atoms with Gasteiger partial charge in [-0.05, 0) is 32.9 Å². The number of nitrogens with zero attached hydrogens (tertiary/aromatic N) is 1. The molecule has 0 aliphatic heterocycles. The van der Waals surface area contributed by atoms with Crippen LogP contribution in [-0.2, 0) is 14.8 Å². The van der Waals surface area contributed by atoms with E-state index in [4.69, 9.17) is 4.74 Å². The van der Waals surface area contributed by atoms with Crippen molar-refractivity contribution in [2.24, 2.45) is 0 Å². The molecule has 1 aromatic carbocycles. The van der Waals surface area contributed by atoms with Crippen LogP contribution >= 0.6 is 0 Å². The van der Waals surface area contributed by atoms with Gasteiger partial charge in [0, 0.05) is 19.0 Å². The van der Waals surface area contributed by atoms with E-state index in [2.05, 4.69) is 5.32 Å². The Bertz CT molecular complexity index is 599. The van der Waals surface area contributed by atoms with E-state index < -0.39 is 10.0 Å². The van der Waals surface area contributed by atoms with Crippen molar-refractivity contribution >= 4 is 21.6 Å². The first kappa shape index (κ1) is 18.4. The number of hydrogen-bond donors (Lipinski definition) is 1. The Labute approximate surface area is 132 Å². The molecule has 0 saturated carbocycles. The predicted octanol–water partition coefficient (Wildman–Crippen LogP) is 2.08. The maximum atomic E-state index is 12.0. The zero-order chi connectivity index (χ0) is 16.8. The maximum absolute atomic E-state index is 12.0. The predicted molar refractivity (Wildman–Crippen MR) is 87.5 cm³/mol. The van der Waals surface area contributed by atoms with E-state index >= 15 is 0 Å². The number of benzene rings is 1. The number of hydrogen-bond acceptors (Lipinski definition) is 4. The summed E-state index contributed by atoms with van der Waals surface area (Å²) in [5.41, 5.74) is 0.588. The number of para-hydroxylation sites is 2. The smallest absolute Gasteiger partial charge is 0.225 e. The fraction of sp³-hybridized carbons (Fsp3) is 0.533. The molecule has 1 aromatic rings. The second-order valence-corrected chi connectivity index (χ2v) is 7.13. The lowest BCUT2D eigenvalue weighted by Gasteiger charge is -2.23. The second kappa shape index (κ2) is 8.14. The molecule has 0 fully saturated rings. The zero-order valence-electron chi connectivity index (χ0n) is 13.5. The zero-order valence-corrected chi connectivity index (χ0v) is 14.3. The standard InChI is InChI=1S/C15H24N2O4S/c1-5-21-14-9-7-6-8-13(14)16-15(18)10-11-17(12(2)3)22(4,19)20/h6-9,12H,5,10-11H2,1-4H3,(H,16,18). The first-order valence-electron chi connectivity index (χ1n) is 7.24. The molecular weight excluding hydrogens is 304 g/mol. The minimum Gasteiger partial charge on any atom is -0.492 e. The molecule has 1 N–H and O–H groups in total. The third kappa shape index (κ3) is 5.65. The first-order chi connectivity index (χ1) is 10.3. The molecule has 7 heteroatoms. The Hall–Kier alpha value is -1.60. The SMILES string of the molecule is CCOc1ccccc1NC(=O)CCN(C(C)C)S(C)(=O)=O. The molecule has 0 aliphatic rings. The minimum atomic E-state index is -3.32. The van der Waals surface area contributed by atoms with Crippen molar-refractivity contribution in [2.75, 3.05) is 24.7 Å². The van der Waals surface area contributed by atoms with Crippen LogP contribution in [-0.4, -0.2) is 44.1 Å². The van der Waals surface area contributed by atoms with Crippen molar-refractivity contribution in [3.63, 3.8) is 0 Å². The fourth-order valence-electron chi connectivity index (χ4n) is 2.08. The van der Waals surface area contributed by atoms with Gasteiger partial charge in [0.05, 0.1) is 18.6 Å². The van der Waals surface area contributed by atoms with E-state index in [-0.39, 0.29) is 24.9 Å². The molecule has 1 amide bonds. The average molecular weight is 328 g/mol. The topological polar surface area (TPSA) is 75.7 Å². The second-order valence-electron chi connectivity index (χ2n) is 5.19. The summed E-state index contributed by atoms with van der Waals surface area (Å²) in [4.78, 5) is 12.0. The van der Waals surface area contributed by atoms with Gasteiger partial charge in [-0.15, -0.1) is 0 Å². The molecule has 1 rings (SSSR count). The van der Waals surface area contributed by atoms with Crippen LogP contribution < -0.4 is 10.1 Å². The van der Waals surface area contributed by atoms with Crippen LogP contribution in [0, 0.1) is 0 Å². The first-order valence-corrected chi connectivity index (χ1v) is 9.09. The third-order valence-corrected chi connectivity index (χ3v) is 4.48. The van der Waals surface area contributed by atoms with Crippen molar-refractivity contribution in [3.05, 3.63) is 24.3 Å². The summed E-state index contributed by atoms with van der Waals surface area (Å²) >= 11 is 0. The number of nitrogens with one attached hydrogen (secondary N) is 1. The number of ether oxygens (including phenoxy) is 1. The van der Waals surface area contributed by atoms with Gasteiger partial charge in [-0.3, -0.25) is 4.79 Å². The van der Waals surface area contributed by atoms with Gasteiger partial charge in [0.1, 0.15) is 5.75 Å². The molecule has 22 heavy (non-hydrogen) atoms. The summed E-state index contributed by atoms with van der Waals surface area (Å²) in [6.07, 6.45) is 1.24. The lowest BCUT2D eigenvalue weighted by Crippen LogP contribution is -2.38. The number of anilines is 1. The molecule has 0 bridgehead atoms. The van der Waals surface area contributed by atoms with Crippen LogP contribution in [0.25, 0.3) is 0 Å². The van der Waals surface area contributed by atoms with Gasteiger partial charge in [0.25, 0.3) is 0 Å². The lowest BCUT2D eigenvalue weighted by atomic mass is 10.2. The molecule has 6 nitrogen and oxygen atoms in total. The number of rotatable bonds is 8. The Kier molecular flexibility index (Phi) is 6.83. The quantitative estimate of drug-likeness (QED) is 0.793. The van der Waals surface area contributed by atoms with Crippen LogP contribution in [0.2, 0.25) is 0 Å². The van der Waals surface area contributed by atoms with E-state index in [1.807, 2.05) is 13.0 Å². The Morgan fingerprint density at radius 2 is 1.95 bits per heavy atom. The largest absolute Gasteiger partial charge is 0.492 e. The number of amides is 1. The summed E-state index contributed by atoms with van der Waals surface area (Å²) in [5, 5.41) is 2.76. The number of carbonyl (C=O) groups is 1. The van der Waals surface area contributed by atoms with E-state index in [9.17, 15) is 13.2 Å². The molecule has 0 atom stereocenters. The van der Waals surface area contributed by atoms with E-state index in [0.717, 1.165) is 6.26 Å². The van der Waals surface area contributed by atoms with Gasteiger partial charge < -0.3 is 10.1 Å². The summed E-state index contributed by atoms with van der Waals surface area (Å²) in [5.74, 6) is 0.351. The van der Waals surface area contributed by atoms with Gasteiger partial charge in [0.2, 0.25) is 15.9 Å². The van der Waals surface area contributed by atoms with Gasteiger partial charge in [-0.25, -0.2) is 8.42 Å². The molecule has 0 saturated heterocycles. The third-order valence-electron chi connectivity index (χ3n) is 3.02. The Morgan fingerprint density at radius 1 is 1.32 bits per heavy atom. The van der Waals surface area contributed by atoms with Crippen molar-refractivity contribution < 1.29 is 17.9 Å². The van der Waals surface area contributed by atoms with Crippen LogP contribution in [0.1, 0.15) is 27.2 Å². The highest BCUT2D eigenvalue weighted by atomic mass is 32.2. The fourth-order valence-corrected chi connectivity index (χ4v) is 3.27. The molecule has 124 valence electrons. The van der Waals surface area contributed by atoms with Crippen LogP contribution in [0.15, 0.2) is 24.3 Å². The molecule has 0 unspecified atom stereocenters. The van der Waals surface area contributed by atoms with Crippen molar-refractivity contribution in [2.45, 2.75) is 33.2 Å². The van der Waals surface area contributed by atoms with Crippen LogP contribution in [0.3, 0.4) is 0 Å². The van der Waals surface area contributed by atoms with Gasteiger partial charge in [0.15, 0.2) is 0 Å². The van der Waals surface area contributed by atoms with E-state index in [1.165, 1.54) is 4.31 Å². The summed E-state index contributed by atoms with van der Waals surface area (Å²) < 4.78 is 30.1. The highest BCUT2D eigenvalue weighted by Crippen LogP contribution is 2.23. The van der Waals surface area contributed by atoms with Crippen LogP contribution in [0.5, 0.6) is 5.75 Å². The highest BCUT2D eigenvalue weighted by molar-refractivity contribution is 7.88. The Balaban J connectivity index is 2.67. The van der Waals surface area contributed by atoms with Gasteiger partial charge in [-0.1, -0.05) is 12.1 Å². The monoisotopic (exact) mass is 328 g/mol. The molecule has 0 heterocycles. The van der Waals surface area contributed by atoms with Crippen molar-refractivity contribution in [3.8, 4) is 5.75 Å². The highest BCUT2D eigenvalue weighted by Gasteiger charge is 2.21. The Morgan fingerprint density at radius 3 is 2.50 bits per heavy atom. The molecule has 0 spiro atoms. The van der Waals surface area contributed by atoms with Crippen molar-refractivity contribution in [1.29, 1.82) is 0 Å². The molecular formula is C15H24N2O4S. The van der Waals surface area contributed by atoms with Crippen molar-refractivity contribution in [1.82, 2.24) is 4.31 Å². The van der Waals surface area contributed by atoms with E-state index in [1.54, 1.807) is 32.0 Å². The number of sulfonamides is 1. The molecule has 0 radical (unpaired) electrons. The van der Waals surface area contributed by atoms with E-state index in [0.29, 0.717) is 18.0 Å². The minimum absolute atomic E-state index is 0.0890. The normalized spacial score (nSPS) is 11.7.